The summed E-state index contributed by atoms with van der Waals surface area (Å²) in [6.45, 7) is 10.2. The van der Waals surface area contributed by atoms with E-state index in [2.05, 4.69) is 35.6 Å². The highest BCUT2D eigenvalue weighted by atomic mass is 35.5. The summed E-state index contributed by atoms with van der Waals surface area (Å²) in [5, 5.41) is 9.19. The normalized spacial score (nSPS) is 21.8. The molecule has 2 aromatic carbocycles. The highest BCUT2D eigenvalue weighted by Gasteiger charge is 2.46. The second kappa shape index (κ2) is 18.0. The van der Waals surface area contributed by atoms with Crippen LogP contribution in [0.1, 0.15) is 84.7 Å². The molecule has 9 rings (SSSR count). The quantitative estimate of drug-likeness (QED) is 0.173. The predicted molar refractivity (Wildman–Crippen MR) is 243 cm³/mol. The van der Waals surface area contributed by atoms with E-state index in [9.17, 15) is 28.8 Å². The van der Waals surface area contributed by atoms with Gasteiger partial charge >= 0.3 is 0 Å². The lowest BCUT2D eigenvalue weighted by Gasteiger charge is -2.47. The first-order valence-electron chi connectivity index (χ1n) is 22.3. The summed E-state index contributed by atoms with van der Waals surface area (Å²) in [6, 6.07) is 10.3. The number of nitrogens with one attached hydrogen (secondary N) is 3. The molecule has 5 aliphatic rings. The summed E-state index contributed by atoms with van der Waals surface area (Å²) in [4.78, 5) is 93.5. The van der Waals surface area contributed by atoms with Crippen LogP contribution in [-0.2, 0) is 19.1 Å². The number of carbonyl (C=O) groups is 5. The molecule has 342 valence electrons. The van der Waals surface area contributed by atoms with Crippen molar-refractivity contribution in [2.45, 2.75) is 89.6 Å². The Morgan fingerprint density at radius 3 is 2.38 bits per heavy atom. The fraction of sp³-hybridized carbons (Fsp3) is 0.478. The van der Waals surface area contributed by atoms with Crippen molar-refractivity contribution in [3.05, 3.63) is 74.7 Å². The number of nitrogens with zero attached hydrogens (tertiary/aromatic N) is 7. The molecule has 0 spiro atoms. The summed E-state index contributed by atoms with van der Waals surface area (Å²) in [7, 11) is 1.51. The van der Waals surface area contributed by atoms with Crippen molar-refractivity contribution in [3.8, 4) is 5.75 Å². The number of fused-ring (bicyclic) bond motifs is 2. The summed E-state index contributed by atoms with van der Waals surface area (Å²) >= 11 is 6.60. The number of piperazine rings is 1. The lowest BCUT2D eigenvalue weighted by molar-refractivity contribution is -0.136. The van der Waals surface area contributed by atoms with E-state index in [1.54, 1.807) is 22.9 Å². The fourth-order valence-electron chi connectivity index (χ4n) is 9.68. The number of amides is 5. The van der Waals surface area contributed by atoms with Gasteiger partial charge in [-0.2, -0.15) is 4.98 Å². The number of carbonyl (C=O) groups excluding carboxylic acids is 5. The second-order valence-electron chi connectivity index (χ2n) is 17.7. The van der Waals surface area contributed by atoms with Crippen molar-refractivity contribution in [1.29, 1.82) is 0 Å². The number of aromatic nitrogens is 3. The molecule has 2 aromatic heterocycles. The van der Waals surface area contributed by atoms with Gasteiger partial charge in [0.15, 0.2) is 18.2 Å². The lowest BCUT2D eigenvalue weighted by atomic mass is 9.87. The van der Waals surface area contributed by atoms with Crippen LogP contribution in [0, 0.1) is 6.92 Å². The summed E-state index contributed by atoms with van der Waals surface area (Å²) in [5.41, 5.74) is 3.35. The number of piperidine rings is 2. The molecule has 4 aromatic rings. The number of ether oxygens (including phenoxy) is 2. The summed E-state index contributed by atoms with van der Waals surface area (Å²) in [5.74, 6) is -1.21. The Kier molecular flexibility index (Phi) is 12.2. The molecule has 1 aliphatic carbocycles. The number of likely N-dealkylation sites (N-methyl/N-ethyl adjacent to an activating group) is 1. The number of hydrogen-bond acceptors (Lipinski definition) is 14. The predicted octanol–water partition coefficient (Wildman–Crippen LogP) is 3.94. The average molecular weight is 909 g/mol. The second-order valence-corrected chi connectivity index (χ2v) is 18.1. The van der Waals surface area contributed by atoms with Crippen LogP contribution in [0.4, 0.5) is 23.1 Å². The maximum atomic E-state index is 13.5. The molecule has 65 heavy (non-hydrogen) atoms. The Balaban J connectivity index is 0.751. The first-order chi connectivity index (χ1) is 31.3. The zero-order valence-corrected chi connectivity index (χ0v) is 37.7. The minimum atomic E-state index is -0.989. The Labute approximate surface area is 380 Å². The van der Waals surface area contributed by atoms with Gasteiger partial charge in [0.1, 0.15) is 11.1 Å². The summed E-state index contributed by atoms with van der Waals surface area (Å²) in [6.07, 6.45) is 5.82. The van der Waals surface area contributed by atoms with Crippen LogP contribution in [0.3, 0.4) is 0 Å². The van der Waals surface area contributed by atoms with E-state index in [1.165, 1.54) is 7.05 Å². The smallest absolute Gasteiger partial charge is 0.293 e. The van der Waals surface area contributed by atoms with Crippen LogP contribution < -0.4 is 36.0 Å². The van der Waals surface area contributed by atoms with E-state index in [1.807, 2.05) is 45.0 Å². The third-order valence-corrected chi connectivity index (χ3v) is 13.5. The van der Waals surface area contributed by atoms with Crippen LogP contribution in [0.25, 0.3) is 10.9 Å². The van der Waals surface area contributed by atoms with Crippen molar-refractivity contribution in [2.75, 3.05) is 68.0 Å². The molecule has 0 radical (unpaired) electrons. The SMILES string of the molecule is CNC(=O)COc1cc2cc(Nc3nc(N4CCC(OC5CC(N6CCN(c7cc(C)c8c(c7)C(=O)N([C@@H]7CCC(=O)NC7=O)C8=O)CC6)C5)CC4)ncc3Cl)ccc2n(C(C)C)c1=O. The maximum Gasteiger partial charge on any atom is 0.293 e. The molecule has 4 fully saturated rings. The number of aryl methyl sites for hydroxylation is 1. The van der Waals surface area contributed by atoms with Crippen LogP contribution >= 0.6 is 11.6 Å². The molecular formula is C46H53ClN10O8. The van der Waals surface area contributed by atoms with Gasteiger partial charge in [-0.05, 0) is 94.8 Å². The van der Waals surface area contributed by atoms with E-state index in [0.717, 1.165) is 86.4 Å². The number of pyridine rings is 1. The third-order valence-electron chi connectivity index (χ3n) is 13.3. The van der Waals surface area contributed by atoms with Gasteiger partial charge in [0.05, 0.1) is 35.0 Å². The zero-order valence-electron chi connectivity index (χ0n) is 36.9. The van der Waals surface area contributed by atoms with Crippen molar-refractivity contribution in [2.24, 2.45) is 0 Å². The van der Waals surface area contributed by atoms with E-state index in [0.29, 0.717) is 45.2 Å². The lowest BCUT2D eigenvalue weighted by Crippen LogP contribution is -2.56. The molecule has 1 atom stereocenters. The van der Waals surface area contributed by atoms with E-state index in [-0.39, 0.29) is 54.9 Å². The Morgan fingerprint density at radius 1 is 0.923 bits per heavy atom. The van der Waals surface area contributed by atoms with Gasteiger partial charge in [-0.3, -0.25) is 43.9 Å². The molecule has 1 saturated carbocycles. The van der Waals surface area contributed by atoms with Crippen LogP contribution in [0.15, 0.2) is 47.4 Å². The largest absolute Gasteiger partial charge is 0.478 e. The van der Waals surface area contributed by atoms with Crippen LogP contribution in [0.5, 0.6) is 5.75 Å². The molecule has 0 unspecified atom stereocenters. The van der Waals surface area contributed by atoms with Crippen LogP contribution in [-0.4, -0.2) is 131 Å². The van der Waals surface area contributed by atoms with Crippen LogP contribution in [0.2, 0.25) is 5.02 Å². The van der Waals surface area contributed by atoms with Crippen molar-refractivity contribution in [1.82, 2.24) is 35.0 Å². The molecule has 6 heterocycles. The average Bonchev–Trinajstić information content (AvgIpc) is 3.53. The van der Waals surface area contributed by atoms with Gasteiger partial charge in [-0.15, -0.1) is 0 Å². The highest BCUT2D eigenvalue weighted by molar-refractivity contribution is 6.33. The fourth-order valence-corrected chi connectivity index (χ4v) is 9.82. The third kappa shape index (κ3) is 8.73. The summed E-state index contributed by atoms with van der Waals surface area (Å²) < 4.78 is 13.9. The number of hydrogen-bond donors (Lipinski definition) is 3. The molecule has 3 saturated heterocycles. The van der Waals surface area contributed by atoms with Gasteiger partial charge in [0, 0.05) is 81.6 Å². The van der Waals surface area contributed by atoms with Gasteiger partial charge in [0.2, 0.25) is 17.8 Å². The first-order valence-corrected chi connectivity index (χ1v) is 22.7. The van der Waals surface area contributed by atoms with Gasteiger partial charge in [0.25, 0.3) is 23.3 Å². The number of anilines is 4. The molecule has 5 amide bonds. The monoisotopic (exact) mass is 908 g/mol. The number of benzene rings is 2. The minimum Gasteiger partial charge on any atom is -0.478 e. The highest BCUT2D eigenvalue weighted by Crippen LogP contribution is 2.36. The number of imide groups is 2. The maximum absolute atomic E-state index is 13.5. The number of rotatable bonds is 12. The minimum absolute atomic E-state index is 0.0827. The Morgan fingerprint density at radius 2 is 1.68 bits per heavy atom. The number of halogens is 1. The molecule has 4 aliphatic heterocycles. The molecule has 19 heteroatoms. The Hall–Kier alpha value is -6.11. The van der Waals surface area contributed by atoms with E-state index < -0.39 is 29.7 Å². The standard InChI is InChI=1S/C46H53ClN10O8/c1-25(2)56-35-6-5-28(18-27(35)19-37(44(56)62)64-24-39(59)48-4)50-41-34(47)23-49-46(52-41)55-11-9-31(10-12-55)65-32-20-30(21-32)54-15-13-53(14-16-54)29-17-26(3)40-33(22-29)43(61)57(45(40)63)36-7-8-38(58)51-42(36)60/h5-6,17-19,22-23,25,30-32,36H,7-16,20-21,24H2,1-4H3,(H,48,59)(H,49,50,52)(H,51,58,60)/t30?,32?,36-/m1/s1. The topological polar surface area (TPSA) is 201 Å². The van der Waals surface area contributed by atoms with Gasteiger partial charge < -0.3 is 34.5 Å². The first kappa shape index (κ1) is 44.1. The molecule has 3 N–H and O–H groups in total. The zero-order chi connectivity index (χ0) is 45.7. The van der Waals surface area contributed by atoms with Crippen molar-refractivity contribution < 1.29 is 33.4 Å². The van der Waals surface area contributed by atoms with Crippen molar-refractivity contribution in [3.63, 3.8) is 0 Å². The molecular weight excluding hydrogens is 856 g/mol. The Bertz CT molecular complexity index is 2630. The molecule has 18 nitrogen and oxygen atoms in total. The van der Waals surface area contributed by atoms with Gasteiger partial charge in [-0.1, -0.05) is 11.6 Å². The van der Waals surface area contributed by atoms with Crippen molar-refractivity contribution >= 4 is 75.2 Å². The van der Waals surface area contributed by atoms with E-state index >= 15 is 0 Å². The molecule has 0 bridgehead atoms. The van der Waals surface area contributed by atoms with E-state index in [4.69, 9.17) is 26.1 Å². The van der Waals surface area contributed by atoms with Gasteiger partial charge in [-0.25, -0.2) is 4.98 Å².